The third kappa shape index (κ3) is 5.30. The van der Waals surface area contributed by atoms with Gasteiger partial charge in [-0.2, -0.15) is 0 Å². The van der Waals surface area contributed by atoms with Crippen LogP contribution in [-0.4, -0.2) is 18.5 Å². The molecule has 0 spiro atoms. The Bertz CT molecular complexity index is 411. The standard InChI is InChI=1S/C13H19ClN2OS.ClH/c14-12-5-4-10(18-12)6-7-16-13(17)8-9-2-1-3-11(9)15;/h4-5,9,11H,1-3,6-8,15H2,(H,16,17);1H/t9-,11+;/m0./s1. The number of nitrogens with two attached hydrogens (primary N) is 1. The maximum atomic E-state index is 11.8. The summed E-state index contributed by atoms with van der Waals surface area (Å²) >= 11 is 7.42. The molecule has 19 heavy (non-hydrogen) atoms. The van der Waals surface area contributed by atoms with Gasteiger partial charge in [-0.15, -0.1) is 23.7 Å². The minimum Gasteiger partial charge on any atom is -0.356 e. The zero-order chi connectivity index (χ0) is 13.0. The van der Waals surface area contributed by atoms with Gasteiger partial charge in [0.2, 0.25) is 5.91 Å². The molecule has 6 heteroatoms. The van der Waals surface area contributed by atoms with E-state index in [1.165, 1.54) is 4.88 Å². The van der Waals surface area contributed by atoms with E-state index in [9.17, 15) is 4.79 Å². The van der Waals surface area contributed by atoms with E-state index >= 15 is 0 Å². The molecule has 0 radical (unpaired) electrons. The van der Waals surface area contributed by atoms with Crippen molar-refractivity contribution in [2.45, 2.75) is 38.1 Å². The predicted molar refractivity (Wildman–Crippen MR) is 83.2 cm³/mol. The molecule has 0 aliphatic heterocycles. The van der Waals surface area contributed by atoms with Crippen LogP contribution in [0.3, 0.4) is 0 Å². The van der Waals surface area contributed by atoms with Crippen LogP contribution < -0.4 is 11.1 Å². The zero-order valence-corrected chi connectivity index (χ0v) is 13.1. The summed E-state index contributed by atoms with van der Waals surface area (Å²) in [6, 6.07) is 4.11. The van der Waals surface area contributed by atoms with Gasteiger partial charge in [0.15, 0.2) is 0 Å². The van der Waals surface area contributed by atoms with E-state index in [1.807, 2.05) is 12.1 Å². The lowest BCUT2D eigenvalue weighted by molar-refractivity contribution is -0.122. The molecule has 1 saturated carbocycles. The summed E-state index contributed by atoms with van der Waals surface area (Å²) in [7, 11) is 0. The van der Waals surface area contributed by atoms with Gasteiger partial charge in [0.1, 0.15) is 0 Å². The maximum Gasteiger partial charge on any atom is 0.220 e. The molecule has 0 saturated heterocycles. The van der Waals surface area contributed by atoms with Crippen LogP contribution in [0, 0.1) is 5.92 Å². The fraction of sp³-hybridized carbons (Fsp3) is 0.615. The second kappa shape index (κ2) is 8.10. The van der Waals surface area contributed by atoms with Crippen LogP contribution >= 0.6 is 35.3 Å². The first kappa shape index (κ1) is 16.8. The Labute approximate surface area is 129 Å². The monoisotopic (exact) mass is 322 g/mol. The SMILES string of the molecule is Cl.N[C@@H]1CCC[C@H]1CC(=O)NCCc1ccc(Cl)s1. The lowest BCUT2D eigenvalue weighted by Gasteiger charge is -2.14. The van der Waals surface area contributed by atoms with E-state index < -0.39 is 0 Å². The topological polar surface area (TPSA) is 55.1 Å². The van der Waals surface area contributed by atoms with Gasteiger partial charge in [-0.05, 0) is 37.3 Å². The number of thiophene rings is 1. The Balaban J connectivity index is 0.00000180. The Morgan fingerprint density at radius 2 is 2.26 bits per heavy atom. The van der Waals surface area contributed by atoms with Crippen molar-refractivity contribution >= 4 is 41.3 Å². The average molecular weight is 323 g/mol. The smallest absolute Gasteiger partial charge is 0.220 e. The zero-order valence-electron chi connectivity index (χ0n) is 10.7. The van der Waals surface area contributed by atoms with E-state index in [-0.39, 0.29) is 24.4 Å². The second-order valence-corrected chi connectivity index (χ2v) is 6.66. The number of hydrogen-bond donors (Lipinski definition) is 2. The van der Waals surface area contributed by atoms with Crippen LogP contribution in [0.2, 0.25) is 4.34 Å². The van der Waals surface area contributed by atoms with Crippen LogP contribution in [0.1, 0.15) is 30.6 Å². The Hall–Kier alpha value is -0.290. The highest BCUT2D eigenvalue weighted by Gasteiger charge is 2.25. The molecule has 0 aromatic carbocycles. The fourth-order valence-corrected chi connectivity index (χ4v) is 3.53. The molecule has 1 heterocycles. The molecule has 0 unspecified atom stereocenters. The molecule has 3 N–H and O–H groups in total. The molecule has 1 aliphatic carbocycles. The van der Waals surface area contributed by atoms with Crippen molar-refractivity contribution in [3.63, 3.8) is 0 Å². The molecule has 108 valence electrons. The molecule has 2 atom stereocenters. The van der Waals surface area contributed by atoms with Crippen LogP contribution in [0.15, 0.2) is 12.1 Å². The van der Waals surface area contributed by atoms with Crippen molar-refractivity contribution in [3.8, 4) is 0 Å². The van der Waals surface area contributed by atoms with Gasteiger partial charge in [0, 0.05) is 23.9 Å². The molecule has 3 nitrogen and oxygen atoms in total. The van der Waals surface area contributed by atoms with Gasteiger partial charge in [-0.3, -0.25) is 4.79 Å². The third-order valence-electron chi connectivity index (χ3n) is 3.49. The summed E-state index contributed by atoms with van der Waals surface area (Å²) in [4.78, 5) is 13.0. The van der Waals surface area contributed by atoms with E-state index in [2.05, 4.69) is 5.32 Å². The molecular weight excluding hydrogens is 303 g/mol. The largest absolute Gasteiger partial charge is 0.356 e. The number of carbonyl (C=O) groups excluding carboxylic acids is 1. The summed E-state index contributed by atoms with van der Waals surface area (Å²) < 4.78 is 0.799. The maximum absolute atomic E-state index is 11.8. The molecule has 2 rings (SSSR count). The molecule has 1 aromatic rings. The molecular formula is C13H20Cl2N2OS. The van der Waals surface area contributed by atoms with Crippen molar-refractivity contribution in [3.05, 3.63) is 21.3 Å². The van der Waals surface area contributed by atoms with Crippen molar-refractivity contribution in [2.24, 2.45) is 11.7 Å². The van der Waals surface area contributed by atoms with Gasteiger partial charge < -0.3 is 11.1 Å². The second-order valence-electron chi connectivity index (χ2n) is 4.86. The number of amides is 1. The minimum absolute atomic E-state index is 0. The van der Waals surface area contributed by atoms with Crippen LogP contribution in [-0.2, 0) is 11.2 Å². The van der Waals surface area contributed by atoms with Crippen molar-refractivity contribution in [1.29, 1.82) is 0 Å². The summed E-state index contributed by atoms with van der Waals surface area (Å²) in [6.45, 7) is 0.678. The van der Waals surface area contributed by atoms with Gasteiger partial charge in [-0.25, -0.2) is 0 Å². The first-order valence-electron chi connectivity index (χ1n) is 6.41. The van der Waals surface area contributed by atoms with E-state index in [0.717, 1.165) is 30.0 Å². The molecule has 1 fully saturated rings. The predicted octanol–water partition coefficient (Wildman–Crippen LogP) is 3.00. The van der Waals surface area contributed by atoms with Crippen molar-refractivity contribution < 1.29 is 4.79 Å². The van der Waals surface area contributed by atoms with Gasteiger partial charge >= 0.3 is 0 Å². The number of nitrogens with one attached hydrogen (secondary N) is 1. The highest BCUT2D eigenvalue weighted by Crippen LogP contribution is 2.26. The first-order valence-corrected chi connectivity index (χ1v) is 7.61. The van der Waals surface area contributed by atoms with Gasteiger partial charge in [0.25, 0.3) is 0 Å². The molecule has 1 aliphatic rings. The Kier molecular flexibility index (Phi) is 7.15. The van der Waals surface area contributed by atoms with E-state index in [1.54, 1.807) is 11.3 Å². The fourth-order valence-electron chi connectivity index (χ4n) is 2.44. The lowest BCUT2D eigenvalue weighted by Crippen LogP contribution is -2.32. The molecule has 1 amide bonds. The summed E-state index contributed by atoms with van der Waals surface area (Å²) in [5.74, 6) is 0.501. The van der Waals surface area contributed by atoms with Gasteiger partial charge in [0.05, 0.1) is 4.34 Å². The minimum atomic E-state index is 0. The first-order chi connectivity index (χ1) is 8.65. The third-order valence-corrected chi connectivity index (χ3v) is 4.78. The van der Waals surface area contributed by atoms with E-state index in [4.69, 9.17) is 17.3 Å². The van der Waals surface area contributed by atoms with Gasteiger partial charge in [-0.1, -0.05) is 18.0 Å². The quantitative estimate of drug-likeness (QED) is 0.875. The van der Waals surface area contributed by atoms with Crippen LogP contribution in [0.4, 0.5) is 0 Å². The highest BCUT2D eigenvalue weighted by atomic mass is 35.5. The Morgan fingerprint density at radius 1 is 1.47 bits per heavy atom. The average Bonchev–Trinajstić information content (AvgIpc) is 2.89. The number of rotatable bonds is 5. The molecule has 1 aromatic heterocycles. The summed E-state index contributed by atoms with van der Waals surface area (Å²) in [6.07, 6.45) is 4.74. The van der Waals surface area contributed by atoms with Crippen molar-refractivity contribution in [2.75, 3.05) is 6.54 Å². The number of halogens is 2. The summed E-state index contributed by atoms with van der Waals surface area (Å²) in [5, 5.41) is 2.96. The normalized spacial score (nSPS) is 22.0. The van der Waals surface area contributed by atoms with Crippen LogP contribution in [0.5, 0.6) is 0 Å². The lowest BCUT2D eigenvalue weighted by atomic mass is 10.00. The highest BCUT2D eigenvalue weighted by molar-refractivity contribution is 7.16. The Morgan fingerprint density at radius 3 is 2.84 bits per heavy atom. The molecule has 0 bridgehead atoms. The summed E-state index contributed by atoms with van der Waals surface area (Å²) in [5.41, 5.74) is 5.96. The number of hydrogen-bond acceptors (Lipinski definition) is 3. The number of carbonyl (C=O) groups is 1. The van der Waals surface area contributed by atoms with Crippen molar-refractivity contribution in [1.82, 2.24) is 5.32 Å². The van der Waals surface area contributed by atoms with E-state index in [0.29, 0.717) is 18.9 Å². The van der Waals surface area contributed by atoms with Crippen LogP contribution in [0.25, 0.3) is 0 Å².